The molecule has 0 saturated carbocycles. The first-order chi connectivity index (χ1) is 9.33. The van der Waals surface area contributed by atoms with Crippen LogP contribution in [-0.4, -0.2) is 11.9 Å². The first-order valence-corrected chi connectivity index (χ1v) is 6.75. The highest BCUT2D eigenvalue weighted by atomic mass is 16.1. The number of hydrogen-bond acceptors (Lipinski definition) is 1. The lowest BCUT2D eigenvalue weighted by molar-refractivity contribution is 0.0923. The maximum Gasteiger partial charge on any atom is 0.251 e. The predicted octanol–water partition coefficient (Wildman–Crippen LogP) is 2.97. The van der Waals surface area contributed by atoms with E-state index >= 15 is 0 Å². The van der Waals surface area contributed by atoms with Gasteiger partial charge >= 0.3 is 0 Å². The van der Waals surface area contributed by atoms with Gasteiger partial charge in [0.15, 0.2) is 0 Å². The number of nitrogens with one attached hydrogen (secondary N) is 1. The maximum absolute atomic E-state index is 12.0. The highest BCUT2D eigenvalue weighted by Crippen LogP contribution is 2.19. The second-order valence-electron chi connectivity index (χ2n) is 5.06. The molecule has 0 aliphatic carbocycles. The summed E-state index contributed by atoms with van der Waals surface area (Å²) in [5, 5.41) is 3.10. The summed E-state index contributed by atoms with van der Waals surface area (Å²) in [6, 6.07) is 18.6. The molecule has 1 aliphatic rings. The summed E-state index contributed by atoms with van der Waals surface area (Å²) >= 11 is 0. The first kappa shape index (κ1) is 12.0. The summed E-state index contributed by atoms with van der Waals surface area (Å²) in [4.78, 5) is 12.0. The summed E-state index contributed by atoms with van der Waals surface area (Å²) in [5.74, 6) is 0.0694. The van der Waals surface area contributed by atoms with Gasteiger partial charge in [0.05, 0.1) is 0 Å². The van der Waals surface area contributed by atoms with Gasteiger partial charge in [-0.3, -0.25) is 4.79 Å². The van der Waals surface area contributed by atoms with E-state index in [1.54, 1.807) is 0 Å². The van der Waals surface area contributed by atoms with Crippen molar-refractivity contribution >= 4 is 5.91 Å². The zero-order valence-electron chi connectivity index (χ0n) is 10.8. The van der Waals surface area contributed by atoms with E-state index in [2.05, 4.69) is 35.6 Å². The van der Waals surface area contributed by atoms with Crippen LogP contribution < -0.4 is 5.32 Å². The van der Waals surface area contributed by atoms with Crippen molar-refractivity contribution in [1.29, 1.82) is 0 Å². The van der Waals surface area contributed by atoms with E-state index in [-0.39, 0.29) is 11.9 Å². The van der Waals surface area contributed by atoms with E-state index in [9.17, 15) is 4.79 Å². The van der Waals surface area contributed by atoms with Crippen LogP contribution in [0.4, 0.5) is 0 Å². The Morgan fingerprint density at radius 2 is 1.74 bits per heavy atom. The highest BCUT2D eigenvalue weighted by Gasteiger charge is 2.23. The standard InChI is InChI=1S/C17H17NO/c19-17-16-9-5-4-8-14(16)12-15(18-17)11-10-13-6-2-1-3-7-13/h1-9,15H,10-12H2,(H,18,19). The third-order valence-electron chi connectivity index (χ3n) is 3.69. The van der Waals surface area contributed by atoms with E-state index in [0.29, 0.717) is 0 Å². The number of hydrogen-bond donors (Lipinski definition) is 1. The molecular formula is C17H17NO. The molecule has 0 bridgehead atoms. The Hall–Kier alpha value is -2.09. The molecule has 2 aromatic carbocycles. The van der Waals surface area contributed by atoms with Crippen LogP contribution in [0.3, 0.4) is 0 Å². The smallest absolute Gasteiger partial charge is 0.251 e. The molecule has 1 atom stereocenters. The van der Waals surface area contributed by atoms with Crippen molar-refractivity contribution in [3.8, 4) is 0 Å². The summed E-state index contributed by atoms with van der Waals surface area (Å²) < 4.78 is 0. The molecule has 19 heavy (non-hydrogen) atoms. The van der Waals surface area contributed by atoms with Crippen molar-refractivity contribution in [3.05, 3.63) is 71.3 Å². The Kier molecular flexibility index (Phi) is 3.32. The van der Waals surface area contributed by atoms with Gasteiger partial charge in [0, 0.05) is 11.6 Å². The lowest BCUT2D eigenvalue weighted by Crippen LogP contribution is -2.41. The normalized spacial score (nSPS) is 17.7. The van der Waals surface area contributed by atoms with Gasteiger partial charge in [-0.2, -0.15) is 0 Å². The monoisotopic (exact) mass is 251 g/mol. The third-order valence-corrected chi connectivity index (χ3v) is 3.69. The second-order valence-corrected chi connectivity index (χ2v) is 5.06. The first-order valence-electron chi connectivity index (χ1n) is 6.75. The Morgan fingerprint density at radius 3 is 2.58 bits per heavy atom. The second kappa shape index (κ2) is 5.27. The molecular weight excluding hydrogens is 234 g/mol. The van der Waals surface area contributed by atoms with E-state index in [4.69, 9.17) is 0 Å². The van der Waals surface area contributed by atoms with Gasteiger partial charge < -0.3 is 5.32 Å². The van der Waals surface area contributed by atoms with Crippen LogP contribution >= 0.6 is 0 Å². The van der Waals surface area contributed by atoms with Gasteiger partial charge in [0.25, 0.3) is 5.91 Å². The van der Waals surface area contributed by atoms with Crippen molar-refractivity contribution in [2.24, 2.45) is 0 Å². The fraction of sp³-hybridized carbons (Fsp3) is 0.235. The highest BCUT2D eigenvalue weighted by molar-refractivity contribution is 5.96. The van der Waals surface area contributed by atoms with Crippen molar-refractivity contribution in [2.45, 2.75) is 25.3 Å². The number of rotatable bonds is 3. The number of carbonyl (C=O) groups excluding carboxylic acids is 1. The summed E-state index contributed by atoms with van der Waals surface area (Å²) in [6.45, 7) is 0. The van der Waals surface area contributed by atoms with Crippen LogP contribution in [0.5, 0.6) is 0 Å². The Labute approximate surface area is 113 Å². The molecule has 0 spiro atoms. The van der Waals surface area contributed by atoms with Crippen molar-refractivity contribution in [1.82, 2.24) is 5.32 Å². The lowest BCUT2D eigenvalue weighted by Gasteiger charge is -2.25. The van der Waals surface area contributed by atoms with Gasteiger partial charge in [-0.25, -0.2) is 0 Å². The molecule has 1 unspecified atom stereocenters. The topological polar surface area (TPSA) is 29.1 Å². The van der Waals surface area contributed by atoms with E-state index in [0.717, 1.165) is 24.8 Å². The predicted molar refractivity (Wildman–Crippen MR) is 76.2 cm³/mol. The summed E-state index contributed by atoms with van der Waals surface area (Å²) in [7, 11) is 0. The molecule has 2 heteroatoms. The zero-order valence-corrected chi connectivity index (χ0v) is 10.8. The molecule has 96 valence electrons. The molecule has 1 aliphatic heterocycles. The van der Waals surface area contributed by atoms with Crippen LogP contribution in [0.25, 0.3) is 0 Å². The number of fused-ring (bicyclic) bond motifs is 1. The SMILES string of the molecule is O=C1NC(CCc2ccccc2)Cc2ccccc21. The molecule has 0 saturated heterocycles. The van der Waals surface area contributed by atoms with Crippen LogP contribution in [0.1, 0.15) is 27.9 Å². The zero-order chi connectivity index (χ0) is 13.1. The fourth-order valence-electron chi connectivity index (χ4n) is 2.66. The molecule has 3 rings (SSSR count). The van der Waals surface area contributed by atoms with Gasteiger partial charge in [0.2, 0.25) is 0 Å². The number of aryl methyl sites for hydroxylation is 1. The molecule has 2 nitrogen and oxygen atoms in total. The molecule has 1 amide bonds. The maximum atomic E-state index is 12.0. The minimum absolute atomic E-state index is 0.0694. The number of carbonyl (C=O) groups is 1. The van der Waals surface area contributed by atoms with Crippen molar-refractivity contribution < 1.29 is 4.79 Å². The van der Waals surface area contributed by atoms with Crippen LogP contribution in [0, 0.1) is 0 Å². The summed E-state index contributed by atoms with van der Waals surface area (Å²) in [5.41, 5.74) is 3.33. The Balaban J connectivity index is 1.67. The van der Waals surface area contributed by atoms with Crippen LogP contribution in [0.15, 0.2) is 54.6 Å². The van der Waals surface area contributed by atoms with Gasteiger partial charge in [-0.15, -0.1) is 0 Å². The number of amides is 1. The largest absolute Gasteiger partial charge is 0.349 e. The average Bonchev–Trinajstić information content (AvgIpc) is 2.46. The van der Waals surface area contributed by atoms with Crippen molar-refractivity contribution in [2.75, 3.05) is 0 Å². The lowest BCUT2D eigenvalue weighted by atomic mass is 9.92. The van der Waals surface area contributed by atoms with E-state index < -0.39 is 0 Å². The molecule has 0 radical (unpaired) electrons. The summed E-state index contributed by atoms with van der Waals surface area (Å²) in [6.07, 6.45) is 2.94. The minimum atomic E-state index is 0.0694. The Bertz CT molecular complexity index is 577. The molecule has 2 aromatic rings. The molecule has 0 aromatic heterocycles. The van der Waals surface area contributed by atoms with Gasteiger partial charge in [-0.05, 0) is 36.5 Å². The quantitative estimate of drug-likeness (QED) is 0.892. The average molecular weight is 251 g/mol. The molecule has 0 fully saturated rings. The van der Waals surface area contributed by atoms with E-state index in [1.807, 2.05) is 24.3 Å². The van der Waals surface area contributed by atoms with Crippen LogP contribution in [0.2, 0.25) is 0 Å². The minimum Gasteiger partial charge on any atom is -0.349 e. The van der Waals surface area contributed by atoms with Gasteiger partial charge in [-0.1, -0.05) is 48.5 Å². The number of benzene rings is 2. The molecule has 1 N–H and O–H groups in total. The fourth-order valence-corrected chi connectivity index (χ4v) is 2.66. The Morgan fingerprint density at radius 1 is 1.00 bits per heavy atom. The third kappa shape index (κ3) is 2.68. The van der Waals surface area contributed by atoms with Crippen molar-refractivity contribution in [3.63, 3.8) is 0 Å². The van der Waals surface area contributed by atoms with Crippen LogP contribution in [-0.2, 0) is 12.8 Å². The van der Waals surface area contributed by atoms with Gasteiger partial charge in [0.1, 0.15) is 0 Å². The van der Waals surface area contributed by atoms with E-state index in [1.165, 1.54) is 11.1 Å². The molecule has 1 heterocycles.